The SMILES string of the molecule is COc1ccc([C@@H]2c3c(oc4ccccc4c3=O)C(=O)N2CCN(C)C)cc1. The van der Waals surface area contributed by atoms with Crippen molar-refractivity contribution in [1.82, 2.24) is 9.80 Å². The Kier molecular flexibility index (Phi) is 4.65. The number of hydrogen-bond donors (Lipinski definition) is 0. The minimum Gasteiger partial charge on any atom is -0.497 e. The van der Waals surface area contributed by atoms with Crippen LogP contribution in [0.25, 0.3) is 11.0 Å². The summed E-state index contributed by atoms with van der Waals surface area (Å²) in [4.78, 5) is 30.2. The molecule has 1 aliphatic heterocycles. The number of benzene rings is 2. The lowest BCUT2D eigenvalue weighted by Crippen LogP contribution is -2.35. The van der Waals surface area contributed by atoms with Gasteiger partial charge in [-0.05, 0) is 43.9 Å². The first-order valence-electron chi connectivity index (χ1n) is 9.16. The highest BCUT2D eigenvalue weighted by Gasteiger charge is 2.42. The fourth-order valence-corrected chi connectivity index (χ4v) is 3.64. The molecule has 0 aliphatic carbocycles. The lowest BCUT2D eigenvalue weighted by molar-refractivity contribution is 0.0716. The molecule has 0 saturated heterocycles. The van der Waals surface area contributed by atoms with Crippen LogP contribution in [0.15, 0.2) is 57.7 Å². The molecule has 2 aromatic carbocycles. The zero-order valence-corrected chi connectivity index (χ0v) is 16.1. The van der Waals surface area contributed by atoms with Gasteiger partial charge in [0.1, 0.15) is 11.3 Å². The topological polar surface area (TPSA) is 63.0 Å². The van der Waals surface area contributed by atoms with Crippen LogP contribution in [0.1, 0.15) is 27.7 Å². The van der Waals surface area contributed by atoms with Gasteiger partial charge in [-0.2, -0.15) is 0 Å². The highest BCUT2D eigenvalue weighted by atomic mass is 16.5. The predicted octanol–water partition coefficient (Wildman–Crippen LogP) is 2.91. The molecule has 3 aromatic rings. The second kappa shape index (κ2) is 7.13. The summed E-state index contributed by atoms with van der Waals surface area (Å²) in [6.45, 7) is 1.17. The summed E-state index contributed by atoms with van der Waals surface area (Å²) in [6, 6.07) is 14.0. The summed E-state index contributed by atoms with van der Waals surface area (Å²) in [5.41, 5.74) is 1.54. The first kappa shape index (κ1) is 18.3. The Morgan fingerprint density at radius 3 is 2.46 bits per heavy atom. The third-order valence-corrected chi connectivity index (χ3v) is 5.09. The normalized spacial score (nSPS) is 16.1. The molecule has 0 N–H and O–H groups in total. The molecule has 6 heteroatoms. The van der Waals surface area contributed by atoms with Crippen molar-refractivity contribution in [1.29, 1.82) is 0 Å². The highest BCUT2D eigenvalue weighted by Crippen LogP contribution is 2.38. The van der Waals surface area contributed by atoms with E-state index in [1.165, 1.54) is 0 Å². The van der Waals surface area contributed by atoms with E-state index in [4.69, 9.17) is 9.15 Å². The van der Waals surface area contributed by atoms with Crippen LogP contribution in [0.4, 0.5) is 0 Å². The Labute approximate surface area is 162 Å². The van der Waals surface area contributed by atoms with Crippen LogP contribution in [0.5, 0.6) is 5.75 Å². The summed E-state index contributed by atoms with van der Waals surface area (Å²) >= 11 is 0. The van der Waals surface area contributed by atoms with E-state index in [-0.39, 0.29) is 17.1 Å². The third-order valence-electron chi connectivity index (χ3n) is 5.09. The lowest BCUT2D eigenvalue weighted by Gasteiger charge is -2.26. The number of rotatable bonds is 5. The summed E-state index contributed by atoms with van der Waals surface area (Å²) in [5, 5.41) is 0.488. The highest BCUT2D eigenvalue weighted by molar-refractivity contribution is 5.99. The fraction of sp³-hybridized carbons (Fsp3) is 0.273. The molecule has 0 spiro atoms. The van der Waals surface area contributed by atoms with Gasteiger partial charge in [0, 0.05) is 13.1 Å². The fourth-order valence-electron chi connectivity index (χ4n) is 3.64. The lowest BCUT2D eigenvalue weighted by atomic mass is 9.98. The van der Waals surface area contributed by atoms with Crippen LogP contribution < -0.4 is 10.2 Å². The Hall–Kier alpha value is -3.12. The van der Waals surface area contributed by atoms with Gasteiger partial charge < -0.3 is 19.0 Å². The second-order valence-electron chi connectivity index (χ2n) is 7.15. The number of nitrogens with zero attached hydrogens (tertiary/aromatic N) is 2. The first-order valence-corrected chi connectivity index (χ1v) is 9.16. The van der Waals surface area contributed by atoms with Crippen molar-refractivity contribution in [2.24, 2.45) is 0 Å². The van der Waals surface area contributed by atoms with Gasteiger partial charge in [0.25, 0.3) is 5.91 Å². The Morgan fingerprint density at radius 2 is 1.79 bits per heavy atom. The Balaban J connectivity index is 1.90. The molecule has 0 fully saturated rings. The van der Waals surface area contributed by atoms with Gasteiger partial charge in [-0.15, -0.1) is 0 Å². The smallest absolute Gasteiger partial charge is 0.290 e. The zero-order chi connectivity index (χ0) is 19.8. The maximum Gasteiger partial charge on any atom is 0.290 e. The maximum absolute atomic E-state index is 13.3. The number of amides is 1. The van der Waals surface area contributed by atoms with E-state index in [9.17, 15) is 9.59 Å². The molecule has 1 aromatic heterocycles. The average molecular weight is 378 g/mol. The van der Waals surface area contributed by atoms with Crippen molar-refractivity contribution in [2.75, 3.05) is 34.3 Å². The molecular weight excluding hydrogens is 356 g/mol. The first-order chi connectivity index (χ1) is 13.5. The van der Waals surface area contributed by atoms with Crippen molar-refractivity contribution < 1.29 is 13.9 Å². The molecule has 2 heterocycles. The quantitative estimate of drug-likeness (QED) is 0.683. The van der Waals surface area contributed by atoms with Crippen molar-refractivity contribution in [3.05, 3.63) is 75.6 Å². The molecule has 0 bridgehead atoms. The summed E-state index contributed by atoms with van der Waals surface area (Å²) in [5.74, 6) is 0.613. The number of carbonyl (C=O) groups is 1. The van der Waals surface area contributed by atoms with Gasteiger partial charge in [-0.25, -0.2) is 0 Å². The van der Waals surface area contributed by atoms with E-state index in [0.29, 0.717) is 29.6 Å². The summed E-state index contributed by atoms with van der Waals surface area (Å²) in [7, 11) is 5.51. The van der Waals surface area contributed by atoms with Gasteiger partial charge >= 0.3 is 0 Å². The van der Waals surface area contributed by atoms with Crippen LogP contribution in [0, 0.1) is 0 Å². The van der Waals surface area contributed by atoms with Gasteiger partial charge in [-0.1, -0.05) is 24.3 Å². The average Bonchev–Trinajstić information content (AvgIpc) is 2.99. The molecular formula is C22H22N2O4. The molecule has 28 heavy (non-hydrogen) atoms. The largest absolute Gasteiger partial charge is 0.497 e. The molecule has 1 aliphatic rings. The molecule has 6 nitrogen and oxygen atoms in total. The van der Waals surface area contributed by atoms with Crippen molar-refractivity contribution in [3.8, 4) is 5.75 Å². The van der Waals surface area contributed by atoms with Crippen molar-refractivity contribution >= 4 is 16.9 Å². The minimum absolute atomic E-state index is 0.142. The molecule has 0 saturated carbocycles. The number of methoxy groups -OCH3 is 1. The number of ether oxygens (including phenoxy) is 1. The van der Waals surface area contributed by atoms with E-state index in [1.807, 2.05) is 43.3 Å². The number of likely N-dealkylation sites (N-methyl/N-ethyl adjacent to an activating group) is 1. The van der Waals surface area contributed by atoms with E-state index in [0.717, 1.165) is 11.3 Å². The minimum atomic E-state index is -0.478. The Morgan fingerprint density at radius 1 is 1.07 bits per heavy atom. The van der Waals surface area contributed by atoms with Crippen LogP contribution >= 0.6 is 0 Å². The van der Waals surface area contributed by atoms with E-state index < -0.39 is 6.04 Å². The third kappa shape index (κ3) is 2.96. The number of para-hydroxylation sites is 1. The van der Waals surface area contributed by atoms with Crippen molar-refractivity contribution in [2.45, 2.75) is 6.04 Å². The van der Waals surface area contributed by atoms with Gasteiger partial charge in [0.15, 0.2) is 5.43 Å². The second-order valence-corrected chi connectivity index (χ2v) is 7.15. The number of hydrogen-bond acceptors (Lipinski definition) is 5. The predicted molar refractivity (Wildman–Crippen MR) is 107 cm³/mol. The van der Waals surface area contributed by atoms with Crippen LogP contribution in [0.2, 0.25) is 0 Å². The number of carbonyl (C=O) groups excluding carboxylic acids is 1. The number of fused-ring (bicyclic) bond motifs is 2. The summed E-state index contributed by atoms with van der Waals surface area (Å²) < 4.78 is 11.1. The summed E-state index contributed by atoms with van der Waals surface area (Å²) in [6.07, 6.45) is 0. The van der Waals surface area contributed by atoms with Crippen LogP contribution in [0.3, 0.4) is 0 Å². The van der Waals surface area contributed by atoms with E-state index in [1.54, 1.807) is 36.3 Å². The zero-order valence-electron chi connectivity index (χ0n) is 16.1. The van der Waals surface area contributed by atoms with E-state index in [2.05, 4.69) is 0 Å². The van der Waals surface area contributed by atoms with Crippen molar-refractivity contribution in [3.63, 3.8) is 0 Å². The molecule has 1 amide bonds. The van der Waals surface area contributed by atoms with Crippen LogP contribution in [-0.2, 0) is 0 Å². The molecule has 1 atom stereocenters. The van der Waals surface area contributed by atoms with Gasteiger partial charge in [0.05, 0.1) is 24.1 Å². The Bertz CT molecular complexity index is 1090. The van der Waals surface area contributed by atoms with Gasteiger partial charge in [-0.3, -0.25) is 9.59 Å². The standard InChI is InChI=1S/C22H22N2O4/c1-23(2)12-13-24-19(14-8-10-15(27-3)11-9-14)18-20(25)16-6-4-5-7-17(16)28-21(18)22(24)26/h4-11,19H,12-13H2,1-3H3/t19-/m1/s1. The van der Waals surface area contributed by atoms with Gasteiger partial charge in [0.2, 0.25) is 5.76 Å². The van der Waals surface area contributed by atoms with Crippen LogP contribution in [-0.4, -0.2) is 50.0 Å². The van der Waals surface area contributed by atoms with E-state index >= 15 is 0 Å². The molecule has 144 valence electrons. The molecule has 0 unspecified atom stereocenters. The molecule has 0 radical (unpaired) electrons. The molecule has 4 rings (SSSR count). The maximum atomic E-state index is 13.3. The monoisotopic (exact) mass is 378 g/mol.